The summed E-state index contributed by atoms with van der Waals surface area (Å²) < 4.78 is 5.87. The van der Waals surface area contributed by atoms with E-state index in [0.717, 1.165) is 22.4 Å². The Kier molecular flexibility index (Phi) is 6.20. The van der Waals surface area contributed by atoms with Crippen LogP contribution >= 0.6 is 0 Å². The topological polar surface area (TPSA) is 94.5 Å². The monoisotopic (exact) mass is 470 g/mol. The van der Waals surface area contributed by atoms with E-state index < -0.39 is 6.04 Å². The zero-order valence-electron chi connectivity index (χ0n) is 19.3. The zero-order valence-corrected chi connectivity index (χ0v) is 19.3. The van der Waals surface area contributed by atoms with Crippen LogP contribution in [0.15, 0.2) is 83.9 Å². The lowest BCUT2D eigenvalue weighted by molar-refractivity contribution is -0.133. The number of nitrogens with one attached hydrogen (secondary N) is 1. The summed E-state index contributed by atoms with van der Waals surface area (Å²) in [6.45, 7) is -0.00251. The van der Waals surface area contributed by atoms with Crippen LogP contribution in [0.1, 0.15) is 22.7 Å². The standard InChI is InChI=1S/C27H26N4O4/c1-30(25(18-8-4-2-5-9-18)19-10-6-3-7-11-19)24(33)17-35-21-12-13-22-20(14-21)15-31-23(16-32)26(34)29-27(31)28-22/h2-14,23,25,32H,15-17H2,1H3,(H,28,29,34). The largest absolute Gasteiger partial charge is 0.484 e. The lowest BCUT2D eigenvalue weighted by atomic mass is 9.97. The number of ether oxygens (including phenoxy) is 1. The van der Waals surface area contributed by atoms with E-state index in [0.29, 0.717) is 18.3 Å². The van der Waals surface area contributed by atoms with Crippen LogP contribution in [0.5, 0.6) is 5.75 Å². The summed E-state index contributed by atoms with van der Waals surface area (Å²) in [5.41, 5.74) is 3.61. The predicted molar refractivity (Wildman–Crippen MR) is 131 cm³/mol. The number of amides is 2. The first-order chi connectivity index (χ1) is 17.0. The third-order valence-corrected chi connectivity index (χ3v) is 6.35. The van der Waals surface area contributed by atoms with Crippen molar-refractivity contribution in [2.45, 2.75) is 18.6 Å². The van der Waals surface area contributed by atoms with E-state index in [-0.39, 0.29) is 31.1 Å². The Morgan fingerprint density at radius 1 is 1.11 bits per heavy atom. The molecule has 5 rings (SSSR count). The Balaban J connectivity index is 1.30. The first-order valence-electron chi connectivity index (χ1n) is 11.4. The van der Waals surface area contributed by atoms with E-state index in [1.165, 1.54) is 0 Å². The fraction of sp³-hybridized carbons (Fsp3) is 0.222. The van der Waals surface area contributed by atoms with Crippen LogP contribution in [0.4, 0.5) is 5.69 Å². The van der Waals surface area contributed by atoms with Crippen molar-refractivity contribution in [3.63, 3.8) is 0 Å². The number of carbonyl (C=O) groups is 2. The SMILES string of the molecule is CN(C(=O)COc1ccc2c(c1)CN1C(=N2)NC(=O)C1CO)C(c1ccccc1)c1ccccc1. The molecule has 1 saturated heterocycles. The molecule has 2 heterocycles. The molecule has 0 radical (unpaired) electrons. The third kappa shape index (κ3) is 4.48. The van der Waals surface area contributed by atoms with Gasteiger partial charge in [0, 0.05) is 19.2 Å². The van der Waals surface area contributed by atoms with Crippen LogP contribution < -0.4 is 10.1 Å². The number of likely N-dealkylation sites (N-methyl/N-ethyl adjacent to an activating group) is 1. The molecule has 0 aliphatic carbocycles. The average molecular weight is 471 g/mol. The van der Waals surface area contributed by atoms with Gasteiger partial charge in [-0.2, -0.15) is 0 Å². The fourth-order valence-corrected chi connectivity index (χ4v) is 4.50. The van der Waals surface area contributed by atoms with Gasteiger partial charge in [0.2, 0.25) is 5.96 Å². The van der Waals surface area contributed by atoms with Crippen molar-refractivity contribution in [3.8, 4) is 5.75 Å². The van der Waals surface area contributed by atoms with Gasteiger partial charge in [0.1, 0.15) is 11.8 Å². The van der Waals surface area contributed by atoms with E-state index in [4.69, 9.17) is 4.74 Å². The molecule has 35 heavy (non-hydrogen) atoms. The van der Waals surface area contributed by atoms with Gasteiger partial charge in [-0.05, 0) is 29.3 Å². The molecular formula is C27H26N4O4. The molecule has 1 atom stereocenters. The molecule has 8 nitrogen and oxygen atoms in total. The number of rotatable bonds is 7. The third-order valence-electron chi connectivity index (χ3n) is 6.35. The molecule has 0 bridgehead atoms. The van der Waals surface area contributed by atoms with Crippen molar-refractivity contribution in [2.75, 3.05) is 20.3 Å². The Morgan fingerprint density at radius 2 is 1.77 bits per heavy atom. The highest BCUT2D eigenvalue weighted by Gasteiger charge is 2.38. The quantitative estimate of drug-likeness (QED) is 0.554. The number of hydrogen-bond acceptors (Lipinski definition) is 6. The number of aliphatic hydroxyl groups is 1. The highest BCUT2D eigenvalue weighted by molar-refractivity contribution is 6.07. The molecule has 0 aromatic heterocycles. The first-order valence-corrected chi connectivity index (χ1v) is 11.4. The maximum absolute atomic E-state index is 13.2. The van der Waals surface area contributed by atoms with Gasteiger partial charge in [-0.3, -0.25) is 14.9 Å². The van der Waals surface area contributed by atoms with Gasteiger partial charge >= 0.3 is 0 Å². The van der Waals surface area contributed by atoms with E-state index in [2.05, 4.69) is 10.3 Å². The molecule has 178 valence electrons. The number of carbonyl (C=O) groups excluding carboxylic acids is 2. The van der Waals surface area contributed by atoms with Crippen molar-refractivity contribution >= 4 is 23.5 Å². The molecule has 0 spiro atoms. The molecule has 1 fully saturated rings. The lowest BCUT2D eigenvalue weighted by Gasteiger charge is -2.29. The molecule has 2 amide bonds. The van der Waals surface area contributed by atoms with Gasteiger partial charge in [-0.15, -0.1) is 0 Å². The molecule has 3 aromatic carbocycles. The number of nitrogens with zero attached hydrogens (tertiary/aromatic N) is 3. The molecule has 8 heteroatoms. The fourth-order valence-electron chi connectivity index (χ4n) is 4.50. The number of hydrogen-bond donors (Lipinski definition) is 2. The molecule has 1 unspecified atom stereocenters. The highest BCUT2D eigenvalue weighted by atomic mass is 16.5. The molecule has 2 N–H and O–H groups in total. The number of benzene rings is 3. The smallest absolute Gasteiger partial charge is 0.261 e. The Labute approximate surface area is 203 Å². The lowest BCUT2D eigenvalue weighted by Crippen LogP contribution is -2.39. The summed E-state index contributed by atoms with van der Waals surface area (Å²) in [6.07, 6.45) is 0. The second kappa shape index (κ2) is 9.60. The Morgan fingerprint density at radius 3 is 2.40 bits per heavy atom. The van der Waals surface area contributed by atoms with Crippen LogP contribution in [0.25, 0.3) is 0 Å². The van der Waals surface area contributed by atoms with Crippen LogP contribution in [0, 0.1) is 0 Å². The van der Waals surface area contributed by atoms with Crippen LogP contribution in [0.3, 0.4) is 0 Å². The van der Waals surface area contributed by atoms with Crippen molar-refractivity contribution in [1.82, 2.24) is 15.1 Å². The maximum atomic E-state index is 13.2. The van der Waals surface area contributed by atoms with E-state index >= 15 is 0 Å². The number of aliphatic imine (C=N–C) groups is 1. The van der Waals surface area contributed by atoms with Crippen molar-refractivity contribution in [1.29, 1.82) is 0 Å². The number of guanidine groups is 1. The minimum Gasteiger partial charge on any atom is -0.484 e. The summed E-state index contributed by atoms with van der Waals surface area (Å²) in [5, 5.41) is 12.3. The van der Waals surface area contributed by atoms with E-state index in [9.17, 15) is 14.7 Å². The summed E-state index contributed by atoms with van der Waals surface area (Å²) >= 11 is 0. The van der Waals surface area contributed by atoms with Crippen molar-refractivity contribution < 1.29 is 19.4 Å². The van der Waals surface area contributed by atoms with Gasteiger partial charge in [-0.1, -0.05) is 60.7 Å². The molecule has 0 saturated carbocycles. The van der Waals surface area contributed by atoms with Crippen molar-refractivity contribution in [3.05, 3.63) is 95.6 Å². The van der Waals surface area contributed by atoms with Gasteiger partial charge < -0.3 is 19.6 Å². The minimum atomic E-state index is -0.658. The van der Waals surface area contributed by atoms with E-state index in [1.807, 2.05) is 66.7 Å². The summed E-state index contributed by atoms with van der Waals surface area (Å²) in [7, 11) is 1.78. The summed E-state index contributed by atoms with van der Waals surface area (Å²) in [6, 6.07) is 24.3. The Hall–Kier alpha value is -4.17. The minimum absolute atomic E-state index is 0.122. The highest BCUT2D eigenvalue weighted by Crippen LogP contribution is 2.32. The normalized spacial score (nSPS) is 16.3. The van der Waals surface area contributed by atoms with Gasteiger partial charge in [0.15, 0.2) is 6.61 Å². The van der Waals surface area contributed by atoms with Crippen LogP contribution in [0.2, 0.25) is 0 Å². The maximum Gasteiger partial charge on any atom is 0.261 e. The van der Waals surface area contributed by atoms with Gasteiger partial charge in [0.05, 0.1) is 18.3 Å². The van der Waals surface area contributed by atoms with Crippen LogP contribution in [-0.4, -0.2) is 59.0 Å². The number of aliphatic hydroxyl groups excluding tert-OH is 1. The second-order valence-electron chi connectivity index (χ2n) is 8.56. The van der Waals surface area contributed by atoms with Crippen molar-refractivity contribution in [2.24, 2.45) is 4.99 Å². The number of fused-ring (bicyclic) bond motifs is 2. The predicted octanol–water partition coefficient (Wildman–Crippen LogP) is 2.61. The Bertz CT molecular complexity index is 1220. The summed E-state index contributed by atoms with van der Waals surface area (Å²) in [4.78, 5) is 33.1. The first kappa shape index (κ1) is 22.6. The average Bonchev–Trinajstić information content (AvgIpc) is 3.20. The van der Waals surface area contributed by atoms with Crippen LogP contribution in [-0.2, 0) is 16.1 Å². The zero-order chi connectivity index (χ0) is 24.4. The molecule has 2 aliphatic heterocycles. The second-order valence-corrected chi connectivity index (χ2v) is 8.56. The van der Waals surface area contributed by atoms with Gasteiger partial charge in [0.25, 0.3) is 11.8 Å². The molecular weight excluding hydrogens is 444 g/mol. The molecule has 2 aliphatic rings. The van der Waals surface area contributed by atoms with Gasteiger partial charge in [-0.25, -0.2) is 4.99 Å². The van der Waals surface area contributed by atoms with E-state index in [1.54, 1.807) is 29.0 Å². The molecule has 3 aromatic rings. The summed E-state index contributed by atoms with van der Waals surface area (Å²) in [5.74, 6) is 0.560.